The van der Waals surface area contributed by atoms with Gasteiger partial charge in [-0.05, 0) is 62.1 Å². The average molecular weight is 643 g/mol. The number of rotatable bonds is 11. The largest absolute Gasteiger partial charge is 0.399 e. The first-order chi connectivity index (χ1) is 20.2. The van der Waals surface area contributed by atoms with Crippen molar-refractivity contribution in [2.45, 2.75) is 101 Å². The zero-order valence-corrected chi connectivity index (χ0v) is 25.5. The van der Waals surface area contributed by atoms with Crippen molar-refractivity contribution >= 4 is 52.6 Å². The van der Waals surface area contributed by atoms with E-state index in [2.05, 4.69) is 10.6 Å². The molecule has 6 N–H and O–H groups in total. The number of carbonyl (C=O) groups excluding carboxylic acids is 4. The molecule has 2 aromatic rings. The lowest BCUT2D eigenvalue weighted by molar-refractivity contribution is -0.143. The number of fused-ring (bicyclic) bond motifs is 2. The van der Waals surface area contributed by atoms with Gasteiger partial charge in [-0.3, -0.25) is 23.7 Å². The quantitative estimate of drug-likeness (QED) is 0.232. The van der Waals surface area contributed by atoms with Gasteiger partial charge in [-0.1, -0.05) is 32.3 Å². The molecular formula is C28H37F2N4O7PS. The molecule has 4 rings (SSSR count). The van der Waals surface area contributed by atoms with Crippen LogP contribution < -0.4 is 16.4 Å². The van der Waals surface area contributed by atoms with Gasteiger partial charge in [0.15, 0.2) is 0 Å². The summed E-state index contributed by atoms with van der Waals surface area (Å²) in [6.45, 7) is 1.97. The molecule has 4 atom stereocenters. The first kappa shape index (κ1) is 33.0. The maximum atomic E-state index is 14.2. The van der Waals surface area contributed by atoms with Crippen LogP contribution in [0, 0.1) is 0 Å². The fourth-order valence-electron chi connectivity index (χ4n) is 5.91. The normalized spacial score (nSPS) is 22.0. The summed E-state index contributed by atoms with van der Waals surface area (Å²) in [5, 5.41) is 5.98. The van der Waals surface area contributed by atoms with Crippen LogP contribution in [0.2, 0.25) is 0 Å². The monoisotopic (exact) mass is 642 g/mol. The highest BCUT2D eigenvalue weighted by Gasteiger charge is 2.50. The van der Waals surface area contributed by atoms with Gasteiger partial charge in [-0.15, -0.1) is 11.3 Å². The first-order valence-corrected chi connectivity index (χ1v) is 16.8. The van der Waals surface area contributed by atoms with E-state index in [0.29, 0.717) is 43.2 Å². The Morgan fingerprint density at radius 2 is 1.86 bits per heavy atom. The molecule has 3 heterocycles. The molecule has 43 heavy (non-hydrogen) atoms. The maximum absolute atomic E-state index is 14.2. The highest BCUT2D eigenvalue weighted by Crippen LogP contribution is 2.59. The number of hydrogen-bond acceptors (Lipinski definition) is 6. The Morgan fingerprint density at radius 1 is 1.14 bits per heavy atom. The number of alkyl halides is 2. The second-order valence-electron chi connectivity index (χ2n) is 11.3. The Balaban J connectivity index is 1.50. The van der Waals surface area contributed by atoms with Gasteiger partial charge in [0.25, 0.3) is 5.91 Å². The second kappa shape index (κ2) is 13.4. The third kappa shape index (κ3) is 7.42. The van der Waals surface area contributed by atoms with E-state index in [0.717, 1.165) is 42.7 Å². The minimum Gasteiger partial charge on any atom is -0.370 e. The third-order valence-corrected chi connectivity index (χ3v) is 10.2. The fraction of sp³-hybridized carbons (Fsp3) is 0.571. The minimum absolute atomic E-state index is 0.139. The van der Waals surface area contributed by atoms with E-state index in [1.165, 1.54) is 12.1 Å². The molecule has 1 aromatic heterocycles. The predicted molar refractivity (Wildman–Crippen MR) is 156 cm³/mol. The molecule has 1 aromatic carbocycles. The van der Waals surface area contributed by atoms with Crippen LogP contribution in [0.3, 0.4) is 0 Å². The first-order valence-electron chi connectivity index (χ1n) is 14.4. The number of nitrogens with zero attached hydrogens (tertiary/aromatic N) is 1. The van der Waals surface area contributed by atoms with Gasteiger partial charge in [0, 0.05) is 28.8 Å². The van der Waals surface area contributed by atoms with E-state index in [-0.39, 0.29) is 40.6 Å². The van der Waals surface area contributed by atoms with E-state index in [1.54, 1.807) is 4.90 Å². The van der Waals surface area contributed by atoms with Crippen molar-refractivity contribution in [3.8, 4) is 0 Å². The summed E-state index contributed by atoms with van der Waals surface area (Å²) in [6, 6.07) is 2.47. The smallest absolute Gasteiger partial charge is 0.370 e. The molecule has 0 aliphatic carbocycles. The lowest BCUT2D eigenvalue weighted by Crippen LogP contribution is -2.57. The average Bonchev–Trinajstić information content (AvgIpc) is 3.55. The summed E-state index contributed by atoms with van der Waals surface area (Å²) in [6.07, 6.45) is 5.75. The number of benzene rings is 1. The molecular weight excluding hydrogens is 605 g/mol. The molecule has 0 radical (unpaired) electrons. The number of amides is 4. The molecule has 4 amide bonds. The second-order valence-corrected chi connectivity index (χ2v) is 14.0. The Morgan fingerprint density at radius 3 is 2.53 bits per heavy atom. The van der Waals surface area contributed by atoms with Crippen molar-refractivity contribution in [2.24, 2.45) is 5.73 Å². The van der Waals surface area contributed by atoms with E-state index in [4.69, 9.17) is 15.5 Å². The standard InChI is InChI=1S/C28H37F2N4O7PS/c1-2-5-18(9-13-24(31)35)32-25(36)21-11-10-19-6-3-4-7-20(27(38)34(19)21)33-26(37)23-15-16-14-17(8-12-22(16)43-23)28(29,30)42(39,40)41/h8,12,14-15,18-21H,2-7,9-11,13H2,1H3,(H2,31,35)(H,32,36)(H,33,37)(H2,39,40,41)/t18-,19+,20+,21+/m1/s1. The van der Waals surface area contributed by atoms with Gasteiger partial charge in [-0.25, -0.2) is 0 Å². The van der Waals surface area contributed by atoms with E-state index in [9.17, 15) is 32.5 Å². The molecule has 15 heteroatoms. The number of primary amides is 1. The van der Waals surface area contributed by atoms with Crippen LogP contribution in [-0.2, 0) is 24.6 Å². The number of halogens is 2. The number of hydrogen-bond donors (Lipinski definition) is 5. The Labute approximate surface area is 251 Å². The molecule has 2 saturated heterocycles. The summed E-state index contributed by atoms with van der Waals surface area (Å²) in [5.41, 5.74) is 0.0372. The summed E-state index contributed by atoms with van der Waals surface area (Å²) < 4.78 is 40.2. The van der Waals surface area contributed by atoms with Crippen molar-refractivity contribution in [3.05, 3.63) is 34.7 Å². The molecule has 2 fully saturated rings. The maximum Gasteiger partial charge on any atom is 0.399 e. The van der Waals surface area contributed by atoms with Gasteiger partial charge in [0.05, 0.1) is 4.88 Å². The molecule has 0 spiro atoms. The topological polar surface area (TPSA) is 179 Å². The minimum atomic E-state index is -5.76. The van der Waals surface area contributed by atoms with E-state index >= 15 is 0 Å². The summed E-state index contributed by atoms with van der Waals surface area (Å²) >= 11 is 1.00. The molecule has 236 valence electrons. The molecule has 0 bridgehead atoms. The SMILES string of the molecule is CCC[C@H](CCC(N)=O)NC(=O)[C@@H]1CC[C@@H]2CCCC[C@H](NC(=O)c3cc4cc(C(F)(F)P(=O)(O)O)ccc4s3)C(=O)N21. The van der Waals surface area contributed by atoms with Gasteiger partial charge in [-0.2, -0.15) is 8.78 Å². The van der Waals surface area contributed by atoms with Crippen molar-refractivity contribution in [1.82, 2.24) is 15.5 Å². The van der Waals surface area contributed by atoms with Crippen LogP contribution in [0.15, 0.2) is 24.3 Å². The van der Waals surface area contributed by atoms with Crippen molar-refractivity contribution in [1.29, 1.82) is 0 Å². The Bertz CT molecular complexity index is 1430. The number of thiophene rings is 1. The van der Waals surface area contributed by atoms with Crippen LogP contribution in [-0.4, -0.2) is 62.5 Å². The van der Waals surface area contributed by atoms with Crippen LogP contribution in [0.25, 0.3) is 10.1 Å². The van der Waals surface area contributed by atoms with Gasteiger partial charge in [0.1, 0.15) is 12.1 Å². The summed E-state index contributed by atoms with van der Waals surface area (Å²) in [4.78, 5) is 71.6. The van der Waals surface area contributed by atoms with Crippen molar-refractivity contribution in [3.63, 3.8) is 0 Å². The Kier molecular flexibility index (Phi) is 10.3. The van der Waals surface area contributed by atoms with Gasteiger partial charge in [0.2, 0.25) is 17.7 Å². The highest BCUT2D eigenvalue weighted by atomic mass is 32.1. The van der Waals surface area contributed by atoms with Gasteiger partial charge < -0.3 is 31.1 Å². The van der Waals surface area contributed by atoms with Crippen molar-refractivity contribution < 1.29 is 42.3 Å². The van der Waals surface area contributed by atoms with E-state index in [1.807, 2.05) is 6.92 Å². The van der Waals surface area contributed by atoms with Crippen LogP contribution in [0.4, 0.5) is 8.78 Å². The number of carbonyl (C=O) groups is 4. The predicted octanol–water partition coefficient (Wildman–Crippen LogP) is 3.71. The molecule has 11 nitrogen and oxygen atoms in total. The summed E-state index contributed by atoms with van der Waals surface area (Å²) in [5.74, 6) is -1.69. The van der Waals surface area contributed by atoms with Gasteiger partial charge >= 0.3 is 13.3 Å². The molecule has 2 aliphatic heterocycles. The lowest BCUT2D eigenvalue weighted by Gasteiger charge is -2.35. The van der Waals surface area contributed by atoms with Crippen molar-refractivity contribution in [2.75, 3.05) is 0 Å². The van der Waals surface area contributed by atoms with Crippen LogP contribution in [0.1, 0.15) is 86.4 Å². The Hall–Kier alpha value is -2.93. The number of nitrogens with two attached hydrogens (primary N) is 1. The fourth-order valence-corrected chi connectivity index (χ4v) is 7.34. The molecule has 0 saturated carbocycles. The third-order valence-electron chi connectivity index (χ3n) is 8.12. The molecule has 2 aliphatic rings. The zero-order valence-electron chi connectivity index (χ0n) is 23.8. The highest BCUT2D eigenvalue weighted by molar-refractivity contribution is 7.52. The number of nitrogens with one attached hydrogen (secondary N) is 2. The van der Waals surface area contributed by atoms with Crippen LogP contribution in [0.5, 0.6) is 0 Å². The lowest BCUT2D eigenvalue weighted by atomic mass is 9.98. The zero-order chi connectivity index (χ0) is 31.5. The molecule has 0 unspecified atom stereocenters. The van der Waals surface area contributed by atoms with E-state index < -0.39 is 42.7 Å². The summed E-state index contributed by atoms with van der Waals surface area (Å²) in [7, 11) is -5.76. The van der Waals surface area contributed by atoms with Crippen LogP contribution >= 0.6 is 18.9 Å².